The van der Waals surface area contributed by atoms with Crippen LogP contribution in [0.1, 0.15) is 15.6 Å². The Kier molecular flexibility index (Phi) is 4.44. The topological polar surface area (TPSA) is 84.7 Å². The van der Waals surface area contributed by atoms with Gasteiger partial charge in [-0.1, -0.05) is 23.5 Å². The smallest absolute Gasteiger partial charge is 0.378 e. The number of amides is 1. The molecule has 1 aliphatic rings. The Hall–Kier alpha value is -2.73. The van der Waals surface area contributed by atoms with Crippen molar-refractivity contribution >= 4 is 33.6 Å². The van der Waals surface area contributed by atoms with E-state index in [1.165, 1.54) is 0 Å². The van der Waals surface area contributed by atoms with Crippen LogP contribution in [-0.4, -0.2) is 52.0 Å². The molecule has 0 atom stereocenters. The first-order valence-corrected chi connectivity index (χ1v) is 8.77. The van der Waals surface area contributed by atoms with Gasteiger partial charge in [-0.3, -0.25) is 4.79 Å². The lowest BCUT2D eigenvalue weighted by molar-refractivity contribution is -0.146. The van der Waals surface area contributed by atoms with Gasteiger partial charge in [0.2, 0.25) is 9.97 Å². The molecule has 3 aromatic rings. The molecule has 0 spiro atoms. The highest BCUT2D eigenvalue weighted by Gasteiger charge is 2.38. The number of fused-ring (bicyclic) bond motifs is 1. The fraction of sp³-hybridized carbons (Fsp3) is 0.333. The normalized spacial score (nSPS) is 15.3. The van der Waals surface area contributed by atoms with Gasteiger partial charge >= 0.3 is 6.18 Å². The van der Waals surface area contributed by atoms with Crippen LogP contribution in [0.4, 0.5) is 24.5 Å². The number of morpholine rings is 1. The molecule has 142 valence electrons. The van der Waals surface area contributed by atoms with Gasteiger partial charge in [-0.15, -0.1) is 15.3 Å². The maximum Gasteiger partial charge on any atom is 0.453 e. The molecule has 1 fully saturated rings. The average molecular weight is 398 g/mol. The molecular weight excluding hydrogens is 385 g/mol. The molecular formula is C15H13F3N6O2S. The van der Waals surface area contributed by atoms with E-state index in [1.54, 1.807) is 12.1 Å². The molecule has 8 nitrogen and oxygen atoms in total. The maximum absolute atomic E-state index is 12.9. The highest BCUT2D eigenvalue weighted by molar-refractivity contribution is 7.18. The monoisotopic (exact) mass is 398 g/mol. The van der Waals surface area contributed by atoms with Gasteiger partial charge in [0.05, 0.1) is 24.6 Å². The van der Waals surface area contributed by atoms with Crippen LogP contribution in [0.15, 0.2) is 24.3 Å². The van der Waals surface area contributed by atoms with E-state index in [0.29, 0.717) is 36.5 Å². The summed E-state index contributed by atoms with van der Waals surface area (Å²) >= 11 is 0.736. The highest BCUT2D eigenvalue weighted by atomic mass is 32.1. The number of hydrogen-bond acceptors (Lipinski definition) is 7. The predicted molar refractivity (Wildman–Crippen MR) is 91.1 cm³/mol. The number of nitrogens with zero attached hydrogens (tertiary/aromatic N) is 5. The van der Waals surface area contributed by atoms with Gasteiger partial charge in [0, 0.05) is 13.1 Å². The molecule has 0 aliphatic carbocycles. The molecule has 1 aliphatic heterocycles. The number of para-hydroxylation sites is 2. The number of ether oxygens (including phenoxy) is 1. The minimum Gasteiger partial charge on any atom is -0.378 e. The number of carbonyl (C=O) groups is 1. The first-order chi connectivity index (χ1) is 12.9. The Balaban J connectivity index is 1.60. The SMILES string of the molecule is O=C(Nc1ccccc1N1CCOCC1)c1nn2c(C(F)(F)F)nnc2s1. The lowest BCUT2D eigenvalue weighted by Gasteiger charge is -2.30. The quantitative estimate of drug-likeness (QED) is 0.729. The van der Waals surface area contributed by atoms with E-state index >= 15 is 0 Å². The molecule has 27 heavy (non-hydrogen) atoms. The van der Waals surface area contributed by atoms with Crippen LogP contribution in [-0.2, 0) is 10.9 Å². The summed E-state index contributed by atoms with van der Waals surface area (Å²) in [5.74, 6) is -1.87. The zero-order valence-electron chi connectivity index (χ0n) is 13.7. The zero-order chi connectivity index (χ0) is 19.0. The predicted octanol–water partition coefficient (Wildman–Crippen LogP) is 2.29. The van der Waals surface area contributed by atoms with Crippen molar-refractivity contribution in [2.75, 3.05) is 36.5 Å². The summed E-state index contributed by atoms with van der Waals surface area (Å²) in [5.41, 5.74) is 1.36. The number of halogens is 3. The van der Waals surface area contributed by atoms with Crippen molar-refractivity contribution in [3.8, 4) is 0 Å². The van der Waals surface area contributed by atoms with Gasteiger partial charge in [-0.05, 0) is 12.1 Å². The summed E-state index contributed by atoms with van der Waals surface area (Å²) in [6.07, 6.45) is -4.70. The highest BCUT2D eigenvalue weighted by Crippen LogP contribution is 2.30. The second-order valence-electron chi connectivity index (χ2n) is 5.69. The van der Waals surface area contributed by atoms with E-state index < -0.39 is 17.9 Å². The summed E-state index contributed by atoms with van der Waals surface area (Å²) in [4.78, 5) is 14.5. The number of rotatable bonds is 3. The lowest BCUT2D eigenvalue weighted by Crippen LogP contribution is -2.36. The third-order valence-electron chi connectivity index (χ3n) is 3.94. The number of anilines is 2. The number of alkyl halides is 3. The van der Waals surface area contributed by atoms with E-state index in [4.69, 9.17) is 4.74 Å². The van der Waals surface area contributed by atoms with Crippen molar-refractivity contribution in [1.29, 1.82) is 0 Å². The van der Waals surface area contributed by atoms with Gasteiger partial charge in [-0.25, -0.2) is 0 Å². The zero-order valence-corrected chi connectivity index (χ0v) is 14.5. The number of hydrogen-bond donors (Lipinski definition) is 1. The number of aromatic nitrogens is 4. The van der Waals surface area contributed by atoms with Gasteiger partial charge in [-0.2, -0.15) is 17.7 Å². The van der Waals surface area contributed by atoms with Crippen LogP contribution in [0.2, 0.25) is 0 Å². The molecule has 0 radical (unpaired) electrons. The van der Waals surface area contributed by atoms with Crippen molar-refractivity contribution in [1.82, 2.24) is 19.8 Å². The van der Waals surface area contributed by atoms with Crippen molar-refractivity contribution in [3.05, 3.63) is 35.1 Å². The molecule has 3 heterocycles. The summed E-state index contributed by atoms with van der Waals surface area (Å²) in [6, 6.07) is 7.20. The van der Waals surface area contributed by atoms with Crippen LogP contribution >= 0.6 is 11.3 Å². The van der Waals surface area contributed by atoms with E-state index in [9.17, 15) is 18.0 Å². The largest absolute Gasteiger partial charge is 0.453 e. The Morgan fingerprint density at radius 1 is 1.19 bits per heavy atom. The summed E-state index contributed by atoms with van der Waals surface area (Å²) < 4.78 is 44.5. The minimum atomic E-state index is -4.70. The van der Waals surface area contributed by atoms with Crippen molar-refractivity contribution in [2.45, 2.75) is 6.18 Å². The van der Waals surface area contributed by atoms with Crippen molar-refractivity contribution < 1.29 is 22.7 Å². The third kappa shape index (κ3) is 3.45. The minimum absolute atomic E-state index is 0.103. The molecule has 1 N–H and O–H groups in total. The van der Waals surface area contributed by atoms with Crippen LogP contribution in [0.5, 0.6) is 0 Å². The Labute approximate surface area is 154 Å². The third-order valence-corrected chi connectivity index (χ3v) is 4.84. The first-order valence-electron chi connectivity index (χ1n) is 7.96. The van der Waals surface area contributed by atoms with E-state index in [0.717, 1.165) is 17.0 Å². The molecule has 2 aromatic heterocycles. The molecule has 0 unspecified atom stereocenters. The summed E-state index contributed by atoms with van der Waals surface area (Å²) in [5, 5.41) is 12.8. The second-order valence-corrected chi connectivity index (χ2v) is 6.65. The van der Waals surface area contributed by atoms with Gasteiger partial charge in [0.1, 0.15) is 0 Å². The van der Waals surface area contributed by atoms with E-state index in [1.807, 2.05) is 12.1 Å². The van der Waals surface area contributed by atoms with Gasteiger partial charge in [0.15, 0.2) is 0 Å². The average Bonchev–Trinajstić information content (AvgIpc) is 3.23. The summed E-state index contributed by atoms with van der Waals surface area (Å²) in [7, 11) is 0. The van der Waals surface area contributed by atoms with Crippen molar-refractivity contribution in [3.63, 3.8) is 0 Å². The molecule has 0 saturated carbocycles. The van der Waals surface area contributed by atoms with E-state index in [2.05, 4.69) is 25.5 Å². The second kappa shape index (κ2) is 6.78. The van der Waals surface area contributed by atoms with Crippen LogP contribution in [0.3, 0.4) is 0 Å². The molecule has 12 heteroatoms. The molecule has 1 aromatic carbocycles. The van der Waals surface area contributed by atoms with E-state index in [-0.39, 0.29) is 9.97 Å². The number of nitrogens with one attached hydrogen (secondary N) is 1. The summed E-state index contributed by atoms with van der Waals surface area (Å²) in [6.45, 7) is 2.52. The van der Waals surface area contributed by atoms with Gasteiger partial charge < -0.3 is 15.0 Å². The fourth-order valence-electron chi connectivity index (χ4n) is 2.72. The standard InChI is InChI=1S/C15H13F3N6O2S/c16-15(17,18)13-20-21-14-24(13)22-12(27-14)11(25)19-9-3-1-2-4-10(9)23-5-7-26-8-6-23/h1-4H,5-8H2,(H,19,25). The molecule has 0 bridgehead atoms. The molecule has 4 rings (SSSR count). The lowest BCUT2D eigenvalue weighted by atomic mass is 10.2. The molecule has 1 saturated heterocycles. The first kappa shape index (κ1) is 17.7. The fourth-order valence-corrected chi connectivity index (χ4v) is 3.46. The number of benzene rings is 1. The van der Waals surface area contributed by atoms with Crippen LogP contribution < -0.4 is 10.2 Å². The Morgan fingerprint density at radius 2 is 1.93 bits per heavy atom. The van der Waals surface area contributed by atoms with Crippen LogP contribution in [0.25, 0.3) is 4.96 Å². The maximum atomic E-state index is 12.9. The van der Waals surface area contributed by atoms with Gasteiger partial charge in [0.25, 0.3) is 11.7 Å². The van der Waals surface area contributed by atoms with Crippen LogP contribution in [0, 0.1) is 0 Å². The number of carbonyl (C=O) groups excluding carboxylic acids is 1. The van der Waals surface area contributed by atoms with Crippen molar-refractivity contribution in [2.24, 2.45) is 0 Å². The Morgan fingerprint density at radius 3 is 2.67 bits per heavy atom. The molecule has 1 amide bonds. The Bertz CT molecular complexity index is 979.